The smallest absolute Gasteiger partial charge is 0.340 e. The molecule has 0 bridgehead atoms. The molecule has 2 rings (SSSR count). The quantitative estimate of drug-likeness (QED) is 0.638. The van der Waals surface area contributed by atoms with Crippen LogP contribution < -0.4 is 10.6 Å². The minimum Gasteiger partial charge on any atom is -0.465 e. The largest absolute Gasteiger partial charge is 0.465 e. The van der Waals surface area contributed by atoms with Crippen LogP contribution in [-0.4, -0.2) is 46.1 Å². The minimum atomic E-state index is -2.99. The number of carbonyl (C=O) groups is 1. The first-order valence-electron chi connectivity index (χ1n) is 6.36. The Morgan fingerprint density at radius 2 is 2.05 bits per heavy atom. The fourth-order valence-electron chi connectivity index (χ4n) is 2.28. The molecule has 0 radical (unpaired) electrons. The van der Waals surface area contributed by atoms with E-state index in [9.17, 15) is 13.2 Å². The number of hydrogen-bond donors (Lipinski definition) is 1. The van der Waals surface area contributed by atoms with Gasteiger partial charge in [0.1, 0.15) is 0 Å². The van der Waals surface area contributed by atoms with E-state index in [0.29, 0.717) is 36.4 Å². The molecule has 0 aromatic heterocycles. The van der Waals surface area contributed by atoms with E-state index in [4.69, 9.17) is 10.5 Å². The van der Waals surface area contributed by atoms with E-state index in [1.807, 2.05) is 4.90 Å². The second-order valence-corrected chi connectivity index (χ2v) is 7.06. The Morgan fingerprint density at radius 3 is 2.75 bits per heavy atom. The van der Waals surface area contributed by atoms with Crippen molar-refractivity contribution in [3.8, 4) is 0 Å². The van der Waals surface area contributed by atoms with Crippen LogP contribution in [0.4, 0.5) is 11.4 Å². The molecular weight excluding hydrogens is 280 g/mol. The van der Waals surface area contributed by atoms with Crippen molar-refractivity contribution >= 4 is 27.2 Å². The molecule has 0 spiro atoms. The molecule has 1 aromatic rings. The Hall–Kier alpha value is -1.76. The standard InChI is InChI=1S/C13H18N2O4S/c1-19-13(16)11-9-10(14)3-4-12(11)15-5-2-7-20(17,18)8-6-15/h3-4,9H,2,5-8,14H2,1H3. The maximum Gasteiger partial charge on any atom is 0.340 e. The van der Waals surface area contributed by atoms with Gasteiger partial charge in [0.2, 0.25) is 0 Å². The van der Waals surface area contributed by atoms with E-state index in [0.717, 1.165) is 0 Å². The van der Waals surface area contributed by atoms with Crippen molar-refractivity contribution in [3.05, 3.63) is 23.8 Å². The molecule has 1 saturated heterocycles. The Labute approximate surface area is 118 Å². The molecule has 1 heterocycles. The van der Waals surface area contributed by atoms with Gasteiger partial charge >= 0.3 is 5.97 Å². The van der Waals surface area contributed by atoms with E-state index in [-0.39, 0.29) is 11.5 Å². The lowest BCUT2D eigenvalue weighted by Crippen LogP contribution is -2.28. The molecule has 110 valence electrons. The molecule has 6 nitrogen and oxygen atoms in total. The maximum atomic E-state index is 11.8. The third kappa shape index (κ3) is 3.22. The van der Waals surface area contributed by atoms with Gasteiger partial charge in [0.05, 0.1) is 29.9 Å². The van der Waals surface area contributed by atoms with Crippen molar-refractivity contribution in [1.82, 2.24) is 0 Å². The summed E-state index contributed by atoms with van der Waals surface area (Å²) in [7, 11) is -1.68. The molecule has 0 atom stereocenters. The zero-order valence-electron chi connectivity index (χ0n) is 11.3. The summed E-state index contributed by atoms with van der Waals surface area (Å²) in [6, 6.07) is 4.99. The summed E-state index contributed by atoms with van der Waals surface area (Å²) in [5.41, 5.74) is 7.21. The number of anilines is 2. The van der Waals surface area contributed by atoms with Crippen molar-refractivity contribution in [2.24, 2.45) is 0 Å². The number of ether oxygens (including phenoxy) is 1. The molecule has 1 aromatic carbocycles. The van der Waals surface area contributed by atoms with Crippen molar-refractivity contribution in [2.75, 3.05) is 42.3 Å². The maximum absolute atomic E-state index is 11.8. The fourth-order valence-corrected chi connectivity index (χ4v) is 3.55. The Kier molecular flexibility index (Phi) is 4.17. The van der Waals surface area contributed by atoms with Crippen LogP contribution >= 0.6 is 0 Å². The zero-order valence-corrected chi connectivity index (χ0v) is 12.1. The molecule has 20 heavy (non-hydrogen) atoms. The topological polar surface area (TPSA) is 89.7 Å². The van der Waals surface area contributed by atoms with Crippen LogP contribution in [-0.2, 0) is 14.6 Å². The number of nitrogens with zero attached hydrogens (tertiary/aromatic N) is 1. The minimum absolute atomic E-state index is 0.0952. The average molecular weight is 298 g/mol. The highest BCUT2D eigenvalue weighted by Gasteiger charge is 2.23. The highest BCUT2D eigenvalue weighted by atomic mass is 32.2. The number of nitrogen functional groups attached to an aromatic ring is 1. The second kappa shape index (κ2) is 5.70. The molecule has 2 N–H and O–H groups in total. The highest BCUT2D eigenvalue weighted by molar-refractivity contribution is 7.91. The predicted molar refractivity (Wildman–Crippen MR) is 77.7 cm³/mol. The van der Waals surface area contributed by atoms with Gasteiger partial charge in [-0.15, -0.1) is 0 Å². The molecule has 1 aliphatic heterocycles. The van der Waals surface area contributed by atoms with Gasteiger partial charge in [0.25, 0.3) is 0 Å². The van der Waals surface area contributed by atoms with Gasteiger partial charge in [-0.05, 0) is 24.6 Å². The lowest BCUT2D eigenvalue weighted by Gasteiger charge is -2.24. The van der Waals surface area contributed by atoms with Gasteiger partial charge < -0.3 is 15.4 Å². The summed E-state index contributed by atoms with van der Waals surface area (Å²) in [5.74, 6) is -0.191. The van der Waals surface area contributed by atoms with E-state index >= 15 is 0 Å². The van der Waals surface area contributed by atoms with Crippen LogP contribution in [0.2, 0.25) is 0 Å². The SMILES string of the molecule is COC(=O)c1cc(N)ccc1N1CCCS(=O)(=O)CC1. The van der Waals surface area contributed by atoms with Crippen molar-refractivity contribution in [2.45, 2.75) is 6.42 Å². The number of rotatable bonds is 2. The van der Waals surface area contributed by atoms with Gasteiger partial charge in [-0.1, -0.05) is 0 Å². The third-order valence-corrected chi connectivity index (χ3v) is 5.04. The van der Waals surface area contributed by atoms with Crippen molar-refractivity contribution in [3.63, 3.8) is 0 Å². The number of methoxy groups -OCH3 is 1. The van der Waals surface area contributed by atoms with Gasteiger partial charge in [-0.3, -0.25) is 0 Å². The Balaban J connectivity index is 2.34. The number of hydrogen-bond acceptors (Lipinski definition) is 6. The third-order valence-electron chi connectivity index (χ3n) is 3.32. The van der Waals surface area contributed by atoms with Crippen LogP contribution in [0.5, 0.6) is 0 Å². The van der Waals surface area contributed by atoms with E-state index < -0.39 is 15.8 Å². The van der Waals surface area contributed by atoms with Gasteiger partial charge in [-0.25, -0.2) is 13.2 Å². The highest BCUT2D eigenvalue weighted by Crippen LogP contribution is 2.25. The molecule has 0 unspecified atom stereocenters. The van der Waals surface area contributed by atoms with Gasteiger partial charge in [0, 0.05) is 18.8 Å². The fraction of sp³-hybridized carbons (Fsp3) is 0.462. The molecule has 7 heteroatoms. The summed E-state index contributed by atoms with van der Waals surface area (Å²) in [6.07, 6.45) is 0.549. The molecule has 0 aliphatic carbocycles. The summed E-state index contributed by atoms with van der Waals surface area (Å²) in [4.78, 5) is 13.7. The first-order valence-corrected chi connectivity index (χ1v) is 8.18. The predicted octanol–water partition coefficient (Wildman–Crippen LogP) is 0.680. The zero-order chi connectivity index (χ0) is 14.8. The van der Waals surface area contributed by atoms with E-state index in [2.05, 4.69) is 0 Å². The van der Waals surface area contributed by atoms with E-state index in [1.54, 1.807) is 18.2 Å². The van der Waals surface area contributed by atoms with Crippen LogP contribution in [0, 0.1) is 0 Å². The lowest BCUT2D eigenvalue weighted by molar-refractivity contribution is 0.0601. The molecule has 0 saturated carbocycles. The molecule has 1 fully saturated rings. The molecular formula is C13H18N2O4S. The number of esters is 1. The van der Waals surface area contributed by atoms with Crippen molar-refractivity contribution < 1.29 is 17.9 Å². The number of sulfone groups is 1. The lowest BCUT2D eigenvalue weighted by atomic mass is 10.1. The number of carbonyl (C=O) groups excluding carboxylic acids is 1. The van der Waals surface area contributed by atoms with Crippen molar-refractivity contribution in [1.29, 1.82) is 0 Å². The number of benzene rings is 1. The summed E-state index contributed by atoms with van der Waals surface area (Å²) >= 11 is 0. The Bertz CT molecular complexity index is 613. The van der Waals surface area contributed by atoms with E-state index in [1.165, 1.54) is 7.11 Å². The van der Waals surface area contributed by atoms with Crippen LogP contribution in [0.3, 0.4) is 0 Å². The second-order valence-electron chi connectivity index (χ2n) is 4.76. The normalized spacial score (nSPS) is 18.4. The van der Waals surface area contributed by atoms with Gasteiger partial charge in [0.15, 0.2) is 9.84 Å². The summed E-state index contributed by atoms with van der Waals surface area (Å²) in [5, 5.41) is 0. The first kappa shape index (κ1) is 14.6. The summed E-state index contributed by atoms with van der Waals surface area (Å²) in [6.45, 7) is 0.962. The van der Waals surface area contributed by atoms with Crippen LogP contribution in [0.15, 0.2) is 18.2 Å². The van der Waals surface area contributed by atoms with Crippen LogP contribution in [0.1, 0.15) is 16.8 Å². The average Bonchev–Trinajstić information content (AvgIpc) is 2.59. The molecule has 1 aliphatic rings. The first-order chi connectivity index (χ1) is 9.43. The monoisotopic (exact) mass is 298 g/mol. The van der Waals surface area contributed by atoms with Gasteiger partial charge in [-0.2, -0.15) is 0 Å². The van der Waals surface area contributed by atoms with Crippen LogP contribution in [0.25, 0.3) is 0 Å². The number of nitrogens with two attached hydrogens (primary N) is 1. The Morgan fingerprint density at radius 1 is 1.30 bits per heavy atom. The summed E-state index contributed by atoms with van der Waals surface area (Å²) < 4.78 is 28.0. The molecule has 0 amide bonds.